The van der Waals surface area contributed by atoms with E-state index in [2.05, 4.69) is 38.2 Å². The molecular weight excluding hydrogens is 254 g/mol. The molecule has 3 N–H and O–H groups in total. The van der Waals surface area contributed by atoms with Gasteiger partial charge in [-0.05, 0) is 32.9 Å². The predicted molar refractivity (Wildman–Crippen MR) is 83.6 cm³/mol. The zero-order valence-corrected chi connectivity index (χ0v) is 13.8. The minimum atomic E-state index is -0.435. The predicted octanol–water partition coefficient (Wildman–Crippen LogP) is 1.22. The number of carbonyl (C=O) groups excluding carboxylic acids is 1. The van der Waals surface area contributed by atoms with Gasteiger partial charge in [-0.15, -0.1) is 0 Å². The minimum absolute atomic E-state index is 0.0566. The van der Waals surface area contributed by atoms with Crippen LogP contribution >= 0.6 is 0 Å². The first-order valence-corrected chi connectivity index (χ1v) is 7.66. The standard InChI is InChI=1S/C15H33N3O2/c1-6-12(7-2)14(18(3)4)11-17-15(19)13(16)9-8-10-20-5/h12-14H,6-11,16H2,1-5H3,(H,17,19). The summed E-state index contributed by atoms with van der Waals surface area (Å²) in [5.74, 6) is 0.536. The van der Waals surface area contributed by atoms with Crippen molar-refractivity contribution in [3.8, 4) is 0 Å². The third kappa shape index (κ3) is 7.22. The molecular formula is C15H33N3O2. The van der Waals surface area contributed by atoms with Crippen molar-refractivity contribution in [2.24, 2.45) is 11.7 Å². The fourth-order valence-electron chi connectivity index (χ4n) is 2.52. The summed E-state index contributed by atoms with van der Waals surface area (Å²) in [5.41, 5.74) is 5.88. The molecule has 0 fully saturated rings. The zero-order valence-electron chi connectivity index (χ0n) is 13.8. The van der Waals surface area contributed by atoms with Crippen LogP contribution < -0.4 is 11.1 Å². The highest BCUT2D eigenvalue weighted by Gasteiger charge is 2.22. The van der Waals surface area contributed by atoms with Gasteiger partial charge in [-0.2, -0.15) is 0 Å². The lowest BCUT2D eigenvalue weighted by Crippen LogP contribution is -2.48. The number of nitrogens with one attached hydrogen (secondary N) is 1. The lowest BCUT2D eigenvalue weighted by Gasteiger charge is -2.31. The van der Waals surface area contributed by atoms with Gasteiger partial charge in [0.1, 0.15) is 0 Å². The number of methoxy groups -OCH3 is 1. The molecule has 0 bridgehead atoms. The normalized spacial score (nSPS) is 14.6. The van der Waals surface area contributed by atoms with Crippen molar-refractivity contribution in [2.45, 2.75) is 51.6 Å². The monoisotopic (exact) mass is 287 g/mol. The summed E-state index contributed by atoms with van der Waals surface area (Å²) in [6, 6.07) is -0.0743. The van der Waals surface area contributed by atoms with Gasteiger partial charge >= 0.3 is 0 Å². The van der Waals surface area contributed by atoms with E-state index in [-0.39, 0.29) is 5.91 Å². The van der Waals surface area contributed by atoms with Crippen LogP contribution in [0.25, 0.3) is 0 Å². The summed E-state index contributed by atoms with van der Waals surface area (Å²) in [6.45, 7) is 5.71. The van der Waals surface area contributed by atoms with Crippen molar-refractivity contribution in [1.29, 1.82) is 0 Å². The van der Waals surface area contributed by atoms with Crippen LogP contribution in [-0.2, 0) is 9.53 Å². The van der Waals surface area contributed by atoms with Crippen molar-refractivity contribution in [3.05, 3.63) is 0 Å². The van der Waals surface area contributed by atoms with E-state index in [0.29, 0.717) is 31.5 Å². The van der Waals surface area contributed by atoms with Crippen LogP contribution in [0.3, 0.4) is 0 Å². The quantitative estimate of drug-likeness (QED) is 0.561. The first kappa shape index (κ1) is 19.4. The Labute approximate surface area is 124 Å². The largest absolute Gasteiger partial charge is 0.385 e. The molecule has 0 aromatic rings. The van der Waals surface area contributed by atoms with Crippen LogP contribution in [0, 0.1) is 5.92 Å². The summed E-state index contributed by atoms with van der Waals surface area (Å²) in [7, 11) is 5.78. The number of ether oxygens (including phenoxy) is 1. The highest BCUT2D eigenvalue weighted by molar-refractivity contribution is 5.81. The van der Waals surface area contributed by atoms with E-state index in [1.165, 1.54) is 0 Å². The van der Waals surface area contributed by atoms with Gasteiger partial charge in [0.25, 0.3) is 0 Å². The molecule has 2 unspecified atom stereocenters. The molecule has 0 spiro atoms. The molecule has 0 aliphatic heterocycles. The highest BCUT2D eigenvalue weighted by atomic mass is 16.5. The Bertz CT molecular complexity index is 256. The molecule has 0 aromatic heterocycles. The number of hydrogen-bond acceptors (Lipinski definition) is 4. The highest BCUT2D eigenvalue weighted by Crippen LogP contribution is 2.16. The number of likely N-dealkylation sites (N-methyl/N-ethyl adjacent to an activating group) is 1. The topological polar surface area (TPSA) is 67.6 Å². The molecule has 0 radical (unpaired) electrons. The molecule has 5 nitrogen and oxygen atoms in total. The number of carbonyl (C=O) groups is 1. The van der Waals surface area contributed by atoms with E-state index in [1.54, 1.807) is 7.11 Å². The Morgan fingerprint density at radius 1 is 1.30 bits per heavy atom. The lowest BCUT2D eigenvalue weighted by atomic mass is 9.93. The van der Waals surface area contributed by atoms with Crippen LogP contribution in [-0.4, -0.2) is 57.2 Å². The smallest absolute Gasteiger partial charge is 0.236 e. The average Bonchev–Trinajstić information content (AvgIpc) is 2.42. The van der Waals surface area contributed by atoms with E-state index in [0.717, 1.165) is 19.3 Å². The van der Waals surface area contributed by atoms with Crippen molar-refractivity contribution >= 4 is 5.91 Å². The molecule has 0 aliphatic carbocycles. The molecule has 2 atom stereocenters. The fraction of sp³-hybridized carbons (Fsp3) is 0.933. The molecule has 5 heteroatoms. The minimum Gasteiger partial charge on any atom is -0.385 e. The Kier molecular flexibility index (Phi) is 10.7. The summed E-state index contributed by atoms with van der Waals surface area (Å²) < 4.78 is 4.97. The van der Waals surface area contributed by atoms with Crippen LogP contribution in [0.4, 0.5) is 0 Å². The third-order valence-corrected chi connectivity index (χ3v) is 3.94. The average molecular weight is 287 g/mol. The Balaban J connectivity index is 4.23. The van der Waals surface area contributed by atoms with Gasteiger partial charge in [-0.3, -0.25) is 4.79 Å². The van der Waals surface area contributed by atoms with E-state index >= 15 is 0 Å². The molecule has 0 aliphatic rings. The Morgan fingerprint density at radius 2 is 1.90 bits per heavy atom. The van der Waals surface area contributed by atoms with E-state index < -0.39 is 6.04 Å². The summed E-state index contributed by atoms with van der Waals surface area (Å²) >= 11 is 0. The van der Waals surface area contributed by atoms with Gasteiger partial charge in [0.05, 0.1) is 6.04 Å². The van der Waals surface area contributed by atoms with Gasteiger partial charge in [0.15, 0.2) is 0 Å². The van der Waals surface area contributed by atoms with E-state index in [1.807, 2.05) is 0 Å². The first-order valence-electron chi connectivity index (χ1n) is 7.66. The second kappa shape index (κ2) is 11.1. The molecule has 0 rings (SSSR count). The molecule has 120 valence electrons. The first-order chi connectivity index (χ1) is 9.47. The van der Waals surface area contributed by atoms with E-state index in [4.69, 9.17) is 10.5 Å². The Hall–Kier alpha value is -0.650. The molecule has 20 heavy (non-hydrogen) atoms. The molecule has 0 aromatic carbocycles. The second-order valence-corrected chi connectivity index (χ2v) is 5.59. The number of nitrogens with two attached hydrogens (primary N) is 1. The number of amides is 1. The zero-order chi connectivity index (χ0) is 15.5. The SMILES string of the molecule is CCC(CC)C(CNC(=O)C(N)CCCOC)N(C)C. The van der Waals surface area contributed by atoms with Crippen LogP contribution in [0.2, 0.25) is 0 Å². The third-order valence-electron chi connectivity index (χ3n) is 3.94. The second-order valence-electron chi connectivity index (χ2n) is 5.59. The molecule has 0 saturated carbocycles. The van der Waals surface area contributed by atoms with Gasteiger partial charge in [-0.1, -0.05) is 26.7 Å². The van der Waals surface area contributed by atoms with Gasteiger partial charge in [-0.25, -0.2) is 0 Å². The van der Waals surface area contributed by atoms with Crippen LogP contribution in [0.1, 0.15) is 39.5 Å². The number of hydrogen-bond donors (Lipinski definition) is 2. The number of nitrogens with zero attached hydrogens (tertiary/aromatic N) is 1. The maximum atomic E-state index is 12.0. The summed E-state index contributed by atoms with van der Waals surface area (Å²) in [5, 5.41) is 2.99. The van der Waals surface area contributed by atoms with Gasteiger partial charge in [0.2, 0.25) is 5.91 Å². The van der Waals surface area contributed by atoms with Crippen LogP contribution in [0.15, 0.2) is 0 Å². The maximum Gasteiger partial charge on any atom is 0.236 e. The molecule has 1 amide bonds. The van der Waals surface area contributed by atoms with Crippen molar-refractivity contribution in [1.82, 2.24) is 10.2 Å². The summed E-state index contributed by atoms with van der Waals surface area (Å²) in [4.78, 5) is 14.2. The van der Waals surface area contributed by atoms with Crippen LogP contribution in [0.5, 0.6) is 0 Å². The van der Waals surface area contributed by atoms with Crippen molar-refractivity contribution in [2.75, 3.05) is 34.4 Å². The van der Waals surface area contributed by atoms with Crippen molar-refractivity contribution in [3.63, 3.8) is 0 Å². The molecule has 0 heterocycles. The number of rotatable bonds is 11. The van der Waals surface area contributed by atoms with Gasteiger partial charge < -0.3 is 20.7 Å². The van der Waals surface area contributed by atoms with E-state index in [9.17, 15) is 4.79 Å². The Morgan fingerprint density at radius 3 is 2.35 bits per heavy atom. The fourth-order valence-corrected chi connectivity index (χ4v) is 2.52. The summed E-state index contributed by atoms with van der Waals surface area (Å²) in [6.07, 6.45) is 3.72. The maximum absolute atomic E-state index is 12.0. The van der Waals surface area contributed by atoms with Gasteiger partial charge in [0, 0.05) is 26.3 Å². The van der Waals surface area contributed by atoms with Crippen molar-refractivity contribution < 1.29 is 9.53 Å². The molecule has 0 saturated heterocycles. The lowest BCUT2D eigenvalue weighted by molar-refractivity contribution is -0.122.